The van der Waals surface area contributed by atoms with Gasteiger partial charge in [-0.3, -0.25) is 4.57 Å². The maximum atomic E-state index is 9.38. The Morgan fingerprint density at radius 3 is 3.17 bits per heavy atom. The minimum atomic E-state index is -0.569. The summed E-state index contributed by atoms with van der Waals surface area (Å²) in [6.45, 7) is 3.91. The van der Waals surface area contributed by atoms with Gasteiger partial charge in [0, 0.05) is 17.9 Å². The molecule has 0 unspecified atom stereocenters. The van der Waals surface area contributed by atoms with Crippen LogP contribution in [0.3, 0.4) is 0 Å². The van der Waals surface area contributed by atoms with Gasteiger partial charge < -0.3 is 20.9 Å². The van der Waals surface area contributed by atoms with Crippen molar-refractivity contribution in [2.24, 2.45) is 5.11 Å². The number of azide groups is 1. The monoisotopic (exact) mass is 331 g/mol. The minimum absolute atomic E-state index is 0.0964. The lowest BCUT2D eigenvalue weighted by atomic mass is 10.1. The predicted molar refractivity (Wildman–Crippen MR) is 87.0 cm³/mol. The van der Waals surface area contributed by atoms with E-state index in [1.807, 2.05) is 0 Å². The molecule has 11 heteroatoms. The second-order valence-corrected chi connectivity index (χ2v) is 5.24. The first-order valence-corrected chi connectivity index (χ1v) is 7.33. The molecule has 4 N–H and O–H groups in total. The largest absolute Gasteiger partial charge is 0.394 e. The number of nitrogens with zero attached hydrogens (tertiary/aromatic N) is 7. The Hall–Kier alpha value is -2.88. The second-order valence-electron chi connectivity index (χ2n) is 5.24. The van der Waals surface area contributed by atoms with Crippen LogP contribution in [0.5, 0.6) is 0 Å². The van der Waals surface area contributed by atoms with E-state index in [1.54, 1.807) is 17.0 Å². The zero-order chi connectivity index (χ0) is 17.1. The van der Waals surface area contributed by atoms with E-state index in [1.165, 1.54) is 0 Å². The number of nitrogen functional groups attached to an aromatic ring is 1. The fraction of sp³-hybridized carbons (Fsp3) is 0.462. The van der Waals surface area contributed by atoms with Crippen molar-refractivity contribution in [1.82, 2.24) is 19.5 Å². The molecule has 0 aromatic carbocycles. The van der Waals surface area contributed by atoms with Crippen LogP contribution >= 0.6 is 0 Å². The quantitative estimate of drug-likeness (QED) is 0.307. The molecule has 1 aliphatic heterocycles. The van der Waals surface area contributed by atoms with Crippen molar-refractivity contribution in [3.63, 3.8) is 0 Å². The molecule has 0 radical (unpaired) electrons. The first-order chi connectivity index (χ1) is 11.7. The van der Waals surface area contributed by atoms with E-state index in [-0.39, 0.29) is 12.6 Å². The summed E-state index contributed by atoms with van der Waals surface area (Å²) >= 11 is 0. The molecule has 24 heavy (non-hydrogen) atoms. The Bertz CT molecular complexity index is 798. The van der Waals surface area contributed by atoms with E-state index in [0.717, 1.165) is 0 Å². The molecule has 11 nitrogen and oxygen atoms in total. The number of aliphatic hydroxyl groups is 1. The van der Waals surface area contributed by atoms with Crippen LogP contribution < -0.4 is 11.1 Å². The second kappa shape index (κ2) is 6.71. The average Bonchev–Trinajstić information content (AvgIpc) is 3.16. The van der Waals surface area contributed by atoms with Crippen molar-refractivity contribution < 1.29 is 9.84 Å². The van der Waals surface area contributed by atoms with Gasteiger partial charge in [-0.15, -0.1) is 6.58 Å². The van der Waals surface area contributed by atoms with Crippen molar-refractivity contribution in [1.29, 1.82) is 0 Å². The van der Waals surface area contributed by atoms with Crippen LogP contribution in [0.15, 0.2) is 24.1 Å². The Labute approximate surface area is 136 Å². The summed E-state index contributed by atoms with van der Waals surface area (Å²) in [4.78, 5) is 15.5. The van der Waals surface area contributed by atoms with Crippen molar-refractivity contribution in [3.05, 3.63) is 29.4 Å². The number of rotatable bonds is 6. The zero-order valence-electron chi connectivity index (χ0n) is 12.8. The number of hydrogen-bond donors (Lipinski definition) is 3. The van der Waals surface area contributed by atoms with Crippen molar-refractivity contribution in [2.75, 3.05) is 24.2 Å². The highest BCUT2D eigenvalue weighted by molar-refractivity contribution is 5.84. The van der Waals surface area contributed by atoms with E-state index in [2.05, 4.69) is 36.9 Å². The Kier molecular flexibility index (Phi) is 4.47. The van der Waals surface area contributed by atoms with Gasteiger partial charge in [0.25, 0.3) is 0 Å². The molecule has 0 bridgehead atoms. The number of anilines is 2. The molecule has 2 aromatic rings. The topological polar surface area (TPSA) is 160 Å². The lowest BCUT2D eigenvalue weighted by molar-refractivity contribution is -0.0232. The highest BCUT2D eigenvalue weighted by atomic mass is 16.5. The van der Waals surface area contributed by atoms with Crippen LogP contribution in [0.2, 0.25) is 0 Å². The molecule has 3 heterocycles. The maximum Gasteiger partial charge on any atom is 0.224 e. The summed E-state index contributed by atoms with van der Waals surface area (Å²) < 4.78 is 7.46. The summed E-state index contributed by atoms with van der Waals surface area (Å²) in [5.74, 6) is 0.596. The molecule has 3 rings (SSSR count). The zero-order valence-corrected chi connectivity index (χ0v) is 12.8. The number of imidazole rings is 1. The van der Waals surface area contributed by atoms with Gasteiger partial charge in [0.05, 0.1) is 25.1 Å². The van der Waals surface area contributed by atoms with Crippen LogP contribution in [0.25, 0.3) is 21.6 Å². The molecule has 0 saturated carbocycles. The van der Waals surface area contributed by atoms with Crippen LogP contribution in [-0.4, -0.2) is 49.9 Å². The van der Waals surface area contributed by atoms with E-state index in [9.17, 15) is 5.11 Å². The molecule has 1 saturated heterocycles. The number of hydrogen-bond acceptors (Lipinski definition) is 8. The van der Waals surface area contributed by atoms with Crippen LogP contribution in [0, 0.1) is 0 Å². The van der Waals surface area contributed by atoms with E-state index < -0.39 is 18.4 Å². The fourth-order valence-corrected chi connectivity index (χ4v) is 2.67. The lowest BCUT2D eigenvalue weighted by Crippen LogP contribution is -2.22. The smallest absolute Gasteiger partial charge is 0.224 e. The highest BCUT2D eigenvalue weighted by Crippen LogP contribution is 2.33. The van der Waals surface area contributed by atoms with Gasteiger partial charge in [-0.1, -0.05) is 11.2 Å². The molecule has 126 valence electrons. The number of nitrogens with two attached hydrogens (primary N) is 1. The Morgan fingerprint density at radius 1 is 1.62 bits per heavy atom. The number of nitrogens with one attached hydrogen (secondary N) is 1. The van der Waals surface area contributed by atoms with Gasteiger partial charge in [0.2, 0.25) is 5.95 Å². The Morgan fingerprint density at radius 2 is 2.46 bits per heavy atom. The van der Waals surface area contributed by atoms with Crippen LogP contribution in [0.4, 0.5) is 11.8 Å². The minimum Gasteiger partial charge on any atom is -0.394 e. The van der Waals surface area contributed by atoms with Crippen molar-refractivity contribution >= 4 is 22.9 Å². The molecule has 0 amide bonds. The highest BCUT2D eigenvalue weighted by Gasteiger charge is 2.36. The molecular weight excluding hydrogens is 314 g/mol. The first-order valence-electron chi connectivity index (χ1n) is 7.33. The number of ether oxygens (including phenoxy) is 1. The lowest BCUT2D eigenvalue weighted by Gasteiger charge is -2.14. The fourth-order valence-electron chi connectivity index (χ4n) is 2.67. The van der Waals surface area contributed by atoms with Gasteiger partial charge in [-0.25, -0.2) is 4.98 Å². The SMILES string of the molecule is C=CCNc1nc(N)nc2c1ncn2[C@H]1C[C@@H](N=[N+]=[N-])[C@@H](CO)O1. The normalized spacial score (nSPS) is 23.1. The third-order valence-electron chi connectivity index (χ3n) is 3.75. The van der Waals surface area contributed by atoms with E-state index in [4.69, 9.17) is 16.0 Å². The maximum absolute atomic E-state index is 9.38. The Balaban J connectivity index is 1.97. The van der Waals surface area contributed by atoms with Gasteiger partial charge >= 0.3 is 0 Å². The van der Waals surface area contributed by atoms with Gasteiger partial charge in [0.15, 0.2) is 17.0 Å². The summed E-state index contributed by atoms with van der Waals surface area (Å²) in [7, 11) is 0. The molecular formula is C13H17N9O2. The van der Waals surface area contributed by atoms with E-state index in [0.29, 0.717) is 29.9 Å². The summed E-state index contributed by atoms with van der Waals surface area (Å²) in [5, 5.41) is 16.1. The average molecular weight is 331 g/mol. The van der Waals surface area contributed by atoms with Gasteiger partial charge in [0.1, 0.15) is 6.23 Å². The first kappa shape index (κ1) is 16.0. The van der Waals surface area contributed by atoms with Gasteiger partial charge in [-0.05, 0) is 5.53 Å². The van der Waals surface area contributed by atoms with E-state index >= 15 is 0 Å². The summed E-state index contributed by atoms with van der Waals surface area (Å²) in [6, 6.07) is -0.458. The van der Waals surface area contributed by atoms with Crippen molar-refractivity contribution in [2.45, 2.75) is 24.8 Å². The predicted octanol–water partition coefficient (Wildman–Crippen LogP) is 0.965. The third kappa shape index (κ3) is 2.83. The molecule has 2 aromatic heterocycles. The molecule has 1 aliphatic rings. The molecule has 1 fully saturated rings. The number of aliphatic hydroxyl groups excluding tert-OH is 1. The standard InChI is InChI=1S/C13H17N9O2/c1-2-3-16-11-10-12(19-13(14)18-11)22(6-17-10)9-4-7(20-21-15)8(5-23)24-9/h2,6-9,23H,1,3-5H2,(H3,14,16,18,19)/t7-,8-,9-/m1/s1. The number of fused-ring (bicyclic) bond motifs is 1. The molecule has 3 atom stereocenters. The third-order valence-corrected chi connectivity index (χ3v) is 3.75. The molecule has 0 spiro atoms. The summed E-state index contributed by atoms with van der Waals surface area (Å²) in [6.07, 6.45) is 2.62. The van der Waals surface area contributed by atoms with Gasteiger partial charge in [-0.2, -0.15) is 9.97 Å². The van der Waals surface area contributed by atoms with Crippen LogP contribution in [0.1, 0.15) is 12.6 Å². The summed E-state index contributed by atoms with van der Waals surface area (Å²) in [5.41, 5.74) is 15.4. The number of aromatic nitrogens is 4. The molecule has 0 aliphatic carbocycles. The van der Waals surface area contributed by atoms with Crippen LogP contribution in [-0.2, 0) is 4.74 Å². The van der Waals surface area contributed by atoms with Crippen molar-refractivity contribution in [3.8, 4) is 0 Å².